The Bertz CT molecular complexity index is 342. The Morgan fingerprint density at radius 1 is 1.05 bits per heavy atom. The fourth-order valence-corrected chi connectivity index (χ4v) is 1.68. The predicted octanol–water partition coefficient (Wildman–Crippen LogP) is 0.763. The highest BCUT2D eigenvalue weighted by Crippen LogP contribution is 2.10. The van der Waals surface area contributed by atoms with Crippen molar-refractivity contribution in [2.24, 2.45) is 11.8 Å². The van der Waals surface area contributed by atoms with Gasteiger partial charge < -0.3 is 15.7 Å². The minimum absolute atomic E-state index is 0.115. The van der Waals surface area contributed by atoms with Crippen molar-refractivity contribution in [1.82, 2.24) is 10.6 Å². The number of carbonyl (C=O) groups excluding carboxylic acids is 2. The Kier molecular flexibility index (Phi) is 7.11. The highest BCUT2D eigenvalue weighted by molar-refractivity contribution is 5.90. The third-order valence-electron chi connectivity index (χ3n) is 3.08. The van der Waals surface area contributed by atoms with E-state index in [-0.39, 0.29) is 17.7 Å². The standard InChI is InChI=1S/C13H24N2O4/c1-6-8(4)11(13(18)19)15-12(17)10(7(2)3)14-9(5)16/h7-8,10-11H,6H2,1-5H3,(H,14,16)(H,15,17)(H,18,19)/t8-,10+,11-/m0/s1. The van der Waals surface area contributed by atoms with E-state index in [4.69, 9.17) is 5.11 Å². The second kappa shape index (κ2) is 7.76. The Morgan fingerprint density at radius 2 is 1.58 bits per heavy atom. The molecular weight excluding hydrogens is 248 g/mol. The zero-order valence-corrected chi connectivity index (χ0v) is 12.2. The Morgan fingerprint density at radius 3 is 1.89 bits per heavy atom. The van der Waals surface area contributed by atoms with Gasteiger partial charge in [-0.3, -0.25) is 9.59 Å². The monoisotopic (exact) mass is 272 g/mol. The van der Waals surface area contributed by atoms with E-state index in [1.54, 1.807) is 20.8 Å². The second-order valence-corrected chi connectivity index (χ2v) is 5.13. The summed E-state index contributed by atoms with van der Waals surface area (Å²) in [5.74, 6) is -2.13. The molecular formula is C13H24N2O4. The van der Waals surface area contributed by atoms with Crippen molar-refractivity contribution in [3.8, 4) is 0 Å². The van der Waals surface area contributed by atoms with E-state index in [9.17, 15) is 14.4 Å². The van der Waals surface area contributed by atoms with E-state index in [1.165, 1.54) is 6.92 Å². The van der Waals surface area contributed by atoms with Gasteiger partial charge in [-0.05, 0) is 11.8 Å². The van der Waals surface area contributed by atoms with Gasteiger partial charge >= 0.3 is 5.97 Å². The first-order valence-corrected chi connectivity index (χ1v) is 6.50. The molecule has 0 radical (unpaired) electrons. The molecule has 0 aliphatic rings. The van der Waals surface area contributed by atoms with E-state index in [2.05, 4.69) is 10.6 Å². The van der Waals surface area contributed by atoms with Crippen molar-refractivity contribution < 1.29 is 19.5 Å². The average Bonchev–Trinajstić information content (AvgIpc) is 2.30. The summed E-state index contributed by atoms with van der Waals surface area (Å²) in [5.41, 5.74) is 0. The number of hydrogen-bond acceptors (Lipinski definition) is 3. The van der Waals surface area contributed by atoms with E-state index in [0.717, 1.165) is 0 Å². The van der Waals surface area contributed by atoms with Gasteiger partial charge in [-0.2, -0.15) is 0 Å². The van der Waals surface area contributed by atoms with Crippen LogP contribution >= 0.6 is 0 Å². The lowest BCUT2D eigenvalue weighted by atomic mass is 9.97. The summed E-state index contributed by atoms with van der Waals surface area (Å²) in [6, 6.07) is -1.66. The number of rotatable bonds is 7. The fourth-order valence-electron chi connectivity index (χ4n) is 1.68. The lowest BCUT2D eigenvalue weighted by molar-refractivity contribution is -0.144. The maximum atomic E-state index is 12.1. The zero-order valence-electron chi connectivity index (χ0n) is 12.2. The second-order valence-electron chi connectivity index (χ2n) is 5.13. The van der Waals surface area contributed by atoms with Crippen molar-refractivity contribution >= 4 is 17.8 Å². The molecule has 0 heterocycles. The fraction of sp³-hybridized carbons (Fsp3) is 0.769. The number of carbonyl (C=O) groups is 3. The normalized spacial score (nSPS) is 15.5. The van der Waals surface area contributed by atoms with Crippen molar-refractivity contribution in [1.29, 1.82) is 0 Å². The van der Waals surface area contributed by atoms with E-state index >= 15 is 0 Å². The highest BCUT2D eigenvalue weighted by Gasteiger charge is 2.30. The molecule has 3 atom stereocenters. The third-order valence-corrected chi connectivity index (χ3v) is 3.08. The Labute approximate surface area is 113 Å². The summed E-state index contributed by atoms with van der Waals surface area (Å²) in [6.07, 6.45) is 0.643. The summed E-state index contributed by atoms with van der Waals surface area (Å²) < 4.78 is 0. The van der Waals surface area contributed by atoms with Gasteiger partial charge in [0.05, 0.1) is 0 Å². The molecule has 0 bridgehead atoms. The van der Waals surface area contributed by atoms with Gasteiger partial charge in [0, 0.05) is 6.92 Å². The van der Waals surface area contributed by atoms with Crippen LogP contribution in [0.1, 0.15) is 41.0 Å². The summed E-state index contributed by atoms with van der Waals surface area (Å²) in [7, 11) is 0. The molecule has 110 valence electrons. The van der Waals surface area contributed by atoms with E-state index in [0.29, 0.717) is 6.42 Å². The van der Waals surface area contributed by atoms with Crippen LogP contribution in [0.4, 0.5) is 0 Å². The molecule has 0 spiro atoms. The number of carboxylic acid groups (broad SMARTS) is 1. The molecule has 0 aromatic rings. The van der Waals surface area contributed by atoms with Crippen LogP contribution in [0.2, 0.25) is 0 Å². The van der Waals surface area contributed by atoms with Crippen molar-refractivity contribution in [2.45, 2.75) is 53.1 Å². The van der Waals surface area contributed by atoms with Gasteiger partial charge in [0.15, 0.2) is 0 Å². The lowest BCUT2D eigenvalue weighted by Crippen LogP contribution is -2.54. The van der Waals surface area contributed by atoms with Crippen LogP contribution < -0.4 is 10.6 Å². The summed E-state index contributed by atoms with van der Waals surface area (Å²) in [6.45, 7) is 8.53. The maximum absolute atomic E-state index is 12.1. The molecule has 0 rings (SSSR count). The van der Waals surface area contributed by atoms with Gasteiger partial charge in [0.2, 0.25) is 11.8 Å². The minimum atomic E-state index is -1.06. The van der Waals surface area contributed by atoms with E-state index in [1.807, 2.05) is 6.92 Å². The topological polar surface area (TPSA) is 95.5 Å². The lowest BCUT2D eigenvalue weighted by Gasteiger charge is -2.25. The molecule has 19 heavy (non-hydrogen) atoms. The molecule has 0 aliphatic heterocycles. The summed E-state index contributed by atoms with van der Waals surface area (Å²) >= 11 is 0. The molecule has 0 saturated carbocycles. The first-order valence-electron chi connectivity index (χ1n) is 6.50. The smallest absolute Gasteiger partial charge is 0.326 e. The number of amides is 2. The van der Waals surface area contributed by atoms with Gasteiger partial charge in [-0.25, -0.2) is 4.79 Å². The molecule has 0 unspecified atom stereocenters. The molecule has 6 heteroatoms. The van der Waals surface area contributed by atoms with Crippen LogP contribution in [0.5, 0.6) is 0 Å². The third kappa shape index (κ3) is 5.72. The molecule has 0 aromatic heterocycles. The van der Waals surface area contributed by atoms with Gasteiger partial charge in [0.25, 0.3) is 0 Å². The number of aliphatic carboxylic acids is 1. The maximum Gasteiger partial charge on any atom is 0.326 e. The molecule has 0 fully saturated rings. The van der Waals surface area contributed by atoms with Crippen LogP contribution in [0.25, 0.3) is 0 Å². The number of nitrogens with one attached hydrogen (secondary N) is 2. The number of carboxylic acids is 1. The van der Waals surface area contributed by atoms with Gasteiger partial charge in [-0.1, -0.05) is 34.1 Å². The first kappa shape index (κ1) is 17.4. The zero-order chi connectivity index (χ0) is 15.2. The van der Waals surface area contributed by atoms with Crippen LogP contribution in [-0.4, -0.2) is 35.0 Å². The van der Waals surface area contributed by atoms with Gasteiger partial charge in [-0.15, -0.1) is 0 Å². The minimum Gasteiger partial charge on any atom is -0.480 e. The molecule has 0 saturated heterocycles. The van der Waals surface area contributed by atoms with Crippen LogP contribution in [0.15, 0.2) is 0 Å². The Hall–Kier alpha value is -1.59. The molecule has 0 aromatic carbocycles. The SMILES string of the molecule is CC[C@H](C)[C@H](NC(=O)[C@H](NC(C)=O)C(C)C)C(=O)O. The molecule has 2 amide bonds. The number of hydrogen-bond donors (Lipinski definition) is 3. The highest BCUT2D eigenvalue weighted by atomic mass is 16.4. The van der Waals surface area contributed by atoms with Gasteiger partial charge in [0.1, 0.15) is 12.1 Å². The van der Waals surface area contributed by atoms with E-state index < -0.39 is 24.0 Å². The quantitative estimate of drug-likeness (QED) is 0.637. The van der Waals surface area contributed by atoms with Crippen LogP contribution in [-0.2, 0) is 14.4 Å². The molecule has 0 aliphatic carbocycles. The van der Waals surface area contributed by atoms with Crippen LogP contribution in [0.3, 0.4) is 0 Å². The molecule has 6 nitrogen and oxygen atoms in total. The summed E-state index contributed by atoms with van der Waals surface area (Å²) in [4.78, 5) is 34.3. The average molecular weight is 272 g/mol. The molecule has 3 N–H and O–H groups in total. The van der Waals surface area contributed by atoms with Crippen molar-refractivity contribution in [3.63, 3.8) is 0 Å². The van der Waals surface area contributed by atoms with Crippen LogP contribution in [0, 0.1) is 11.8 Å². The predicted molar refractivity (Wildman–Crippen MR) is 71.5 cm³/mol. The van der Waals surface area contributed by atoms with Crippen molar-refractivity contribution in [2.75, 3.05) is 0 Å². The largest absolute Gasteiger partial charge is 0.480 e. The Balaban J connectivity index is 4.85. The summed E-state index contributed by atoms with van der Waals surface area (Å²) in [5, 5.41) is 14.2. The first-order chi connectivity index (χ1) is 8.70. The van der Waals surface area contributed by atoms with Crippen molar-refractivity contribution in [3.05, 3.63) is 0 Å².